The van der Waals surface area contributed by atoms with Gasteiger partial charge in [-0.3, -0.25) is 19.3 Å². The number of benzene rings is 2. The van der Waals surface area contributed by atoms with Gasteiger partial charge in [0.05, 0.1) is 0 Å². The maximum atomic E-state index is 13.4. The van der Waals surface area contributed by atoms with Crippen LogP contribution in [0, 0.1) is 12.3 Å². The molecule has 2 amide bonds. The summed E-state index contributed by atoms with van der Waals surface area (Å²) in [4.78, 5) is 39.8. The minimum Gasteiger partial charge on any atom is -0.350 e. The minimum atomic E-state index is -1.39. The van der Waals surface area contributed by atoms with Gasteiger partial charge in [-0.1, -0.05) is 48.0 Å². The highest BCUT2D eigenvalue weighted by atomic mass is 35.5. The van der Waals surface area contributed by atoms with Gasteiger partial charge in [-0.2, -0.15) is 0 Å². The summed E-state index contributed by atoms with van der Waals surface area (Å²) in [7, 11) is 0. The zero-order valence-electron chi connectivity index (χ0n) is 15.9. The van der Waals surface area contributed by atoms with Crippen LogP contribution in [0.4, 0.5) is 5.69 Å². The lowest BCUT2D eigenvalue weighted by Gasteiger charge is -2.43. The number of anilines is 1. The molecule has 5 nitrogen and oxygen atoms in total. The van der Waals surface area contributed by atoms with Crippen molar-refractivity contribution in [3.63, 3.8) is 0 Å². The number of nitrogens with one attached hydrogen (secondary N) is 1. The Labute approximate surface area is 175 Å². The molecule has 2 aromatic carbocycles. The number of carbonyl (C=O) groups excluding carboxylic acids is 3. The lowest BCUT2D eigenvalue weighted by molar-refractivity contribution is -0.135. The largest absolute Gasteiger partial charge is 0.350 e. The topological polar surface area (TPSA) is 66.5 Å². The third-order valence-corrected chi connectivity index (χ3v) is 5.31. The second kappa shape index (κ2) is 8.93. The Kier molecular flexibility index (Phi) is 6.36. The van der Waals surface area contributed by atoms with Crippen molar-refractivity contribution in [2.45, 2.75) is 37.8 Å². The molecule has 0 bridgehead atoms. The number of rotatable bonds is 5. The molecular formula is C23H21ClN2O3. The second-order valence-electron chi connectivity index (χ2n) is 7.03. The Morgan fingerprint density at radius 1 is 1.17 bits per heavy atom. The summed E-state index contributed by atoms with van der Waals surface area (Å²) < 4.78 is 0. The molecule has 29 heavy (non-hydrogen) atoms. The van der Waals surface area contributed by atoms with Crippen LogP contribution in [0.25, 0.3) is 0 Å². The van der Waals surface area contributed by atoms with Crippen molar-refractivity contribution in [3.05, 3.63) is 65.2 Å². The lowest BCUT2D eigenvalue weighted by Crippen LogP contribution is -2.63. The van der Waals surface area contributed by atoms with Crippen LogP contribution in [0.2, 0.25) is 5.02 Å². The van der Waals surface area contributed by atoms with E-state index >= 15 is 0 Å². The van der Waals surface area contributed by atoms with Crippen LogP contribution in [0.5, 0.6) is 0 Å². The van der Waals surface area contributed by atoms with Crippen LogP contribution in [0.15, 0.2) is 54.6 Å². The number of ketones is 1. The SMILES string of the molecule is C#CC(=O)N(c1cccc(Cl)c1)C1(C(=O)NCc2ccccc2)CCCC(=O)C1. The number of nitrogens with zero attached hydrogens (tertiary/aromatic N) is 1. The maximum absolute atomic E-state index is 13.4. The fraction of sp³-hybridized carbons (Fsp3) is 0.261. The summed E-state index contributed by atoms with van der Waals surface area (Å²) in [6, 6.07) is 16.0. The predicted octanol–water partition coefficient (Wildman–Crippen LogP) is 3.50. The molecule has 3 rings (SSSR count). The van der Waals surface area contributed by atoms with E-state index in [1.165, 1.54) is 4.90 Å². The zero-order chi connectivity index (χ0) is 20.9. The van der Waals surface area contributed by atoms with E-state index in [-0.39, 0.29) is 18.7 Å². The number of halogens is 1. The van der Waals surface area contributed by atoms with E-state index in [9.17, 15) is 14.4 Å². The van der Waals surface area contributed by atoms with Crippen LogP contribution in [-0.2, 0) is 20.9 Å². The second-order valence-corrected chi connectivity index (χ2v) is 7.47. The summed E-state index contributed by atoms with van der Waals surface area (Å²) in [5, 5.41) is 3.29. The summed E-state index contributed by atoms with van der Waals surface area (Å²) in [6.07, 6.45) is 6.53. The molecule has 1 saturated carbocycles. The highest BCUT2D eigenvalue weighted by Crippen LogP contribution is 2.37. The van der Waals surface area contributed by atoms with E-state index in [0.717, 1.165) is 5.56 Å². The number of carbonyl (C=O) groups is 3. The van der Waals surface area contributed by atoms with Gasteiger partial charge in [0.2, 0.25) is 5.91 Å². The number of hydrogen-bond acceptors (Lipinski definition) is 3. The van der Waals surface area contributed by atoms with Gasteiger partial charge in [-0.05, 0) is 42.5 Å². The summed E-state index contributed by atoms with van der Waals surface area (Å²) >= 11 is 6.11. The van der Waals surface area contributed by atoms with Crippen LogP contribution in [0.1, 0.15) is 31.2 Å². The Hall–Kier alpha value is -3.10. The fourth-order valence-electron chi connectivity index (χ4n) is 3.75. The monoisotopic (exact) mass is 408 g/mol. The van der Waals surface area contributed by atoms with Gasteiger partial charge in [0, 0.05) is 30.1 Å². The molecule has 1 aliphatic rings. The van der Waals surface area contributed by atoms with Gasteiger partial charge in [0.25, 0.3) is 0 Å². The Bertz CT molecular complexity index is 968. The van der Waals surface area contributed by atoms with E-state index < -0.39 is 17.4 Å². The standard InChI is InChI=1S/C23H21ClN2O3/c1-2-21(28)26(19-11-6-10-18(24)14-19)23(13-7-12-20(27)15-23)22(29)25-16-17-8-4-3-5-9-17/h1,3-6,8-11,14H,7,12-13,15-16H2,(H,25,29). The van der Waals surface area contributed by atoms with Gasteiger partial charge in [0.15, 0.2) is 0 Å². The molecule has 0 spiro atoms. The molecule has 1 unspecified atom stereocenters. The van der Waals surface area contributed by atoms with Gasteiger partial charge < -0.3 is 5.32 Å². The molecule has 0 aliphatic heterocycles. The van der Waals surface area contributed by atoms with Crippen LogP contribution in [-0.4, -0.2) is 23.1 Å². The highest BCUT2D eigenvalue weighted by molar-refractivity contribution is 6.31. The van der Waals surface area contributed by atoms with Crippen molar-refractivity contribution in [2.75, 3.05) is 4.90 Å². The quantitative estimate of drug-likeness (QED) is 0.770. The van der Waals surface area contributed by atoms with Crippen molar-refractivity contribution in [1.82, 2.24) is 5.32 Å². The van der Waals surface area contributed by atoms with Gasteiger partial charge in [-0.25, -0.2) is 0 Å². The van der Waals surface area contributed by atoms with Gasteiger partial charge in [-0.15, -0.1) is 6.42 Å². The molecular weight excluding hydrogens is 388 g/mol. The predicted molar refractivity (Wildman–Crippen MR) is 112 cm³/mol. The average molecular weight is 409 g/mol. The first-order chi connectivity index (χ1) is 14.0. The van der Waals surface area contributed by atoms with E-state index in [1.54, 1.807) is 24.3 Å². The van der Waals surface area contributed by atoms with E-state index in [2.05, 4.69) is 11.2 Å². The molecule has 6 heteroatoms. The Balaban J connectivity index is 2.01. The number of Topliss-reactive ketones (excluding diaryl/α,β-unsaturated/α-hetero) is 1. The molecule has 0 heterocycles. The maximum Gasteiger partial charge on any atom is 0.303 e. The van der Waals surface area contributed by atoms with Crippen molar-refractivity contribution in [2.24, 2.45) is 0 Å². The summed E-state index contributed by atoms with van der Waals surface area (Å²) in [6.45, 7) is 0.281. The normalized spacial score (nSPS) is 18.6. The van der Waals surface area contributed by atoms with Crippen LogP contribution in [0.3, 0.4) is 0 Å². The molecule has 2 aromatic rings. The minimum absolute atomic E-state index is 0.0806. The Morgan fingerprint density at radius 3 is 2.59 bits per heavy atom. The van der Waals surface area contributed by atoms with E-state index in [4.69, 9.17) is 18.0 Å². The van der Waals surface area contributed by atoms with Crippen molar-refractivity contribution in [1.29, 1.82) is 0 Å². The van der Waals surface area contributed by atoms with Gasteiger partial charge >= 0.3 is 5.91 Å². The first-order valence-corrected chi connectivity index (χ1v) is 9.74. The van der Waals surface area contributed by atoms with E-state index in [1.807, 2.05) is 30.3 Å². The van der Waals surface area contributed by atoms with Gasteiger partial charge in [0.1, 0.15) is 11.3 Å². The van der Waals surface area contributed by atoms with Crippen molar-refractivity contribution < 1.29 is 14.4 Å². The smallest absolute Gasteiger partial charge is 0.303 e. The Morgan fingerprint density at radius 2 is 1.93 bits per heavy atom. The number of hydrogen-bond donors (Lipinski definition) is 1. The molecule has 1 aliphatic carbocycles. The molecule has 0 radical (unpaired) electrons. The van der Waals surface area contributed by atoms with Crippen molar-refractivity contribution in [3.8, 4) is 12.3 Å². The third-order valence-electron chi connectivity index (χ3n) is 5.08. The molecule has 1 N–H and O–H groups in total. The molecule has 0 aromatic heterocycles. The number of terminal acetylenes is 1. The molecule has 1 fully saturated rings. The number of amides is 2. The van der Waals surface area contributed by atoms with Crippen LogP contribution >= 0.6 is 11.6 Å². The molecule has 0 saturated heterocycles. The zero-order valence-corrected chi connectivity index (χ0v) is 16.6. The third kappa shape index (κ3) is 4.49. The lowest BCUT2D eigenvalue weighted by atomic mass is 9.78. The van der Waals surface area contributed by atoms with E-state index in [0.29, 0.717) is 30.0 Å². The first kappa shape index (κ1) is 20.6. The first-order valence-electron chi connectivity index (χ1n) is 9.36. The summed E-state index contributed by atoms with van der Waals surface area (Å²) in [5.74, 6) is 0.932. The fourth-order valence-corrected chi connectivity index (χ4v) is 3.93. The van der Waals surface area contributed by atoms with Crippen molar-refractivity contribution >= 4 is 34.9 Å². The molecule has 148 valence electrons. The average Bonchev–Trinajstić information content (AvgIpc) is 2.72. The van der Waals surface area contributed by atoms with Crippen LogP contribution < -0.4 is 10.2 Å². The highest BCUT2D eigenvalue weighted by Gasteiger charge is 2.49. The summed E-state index contributed by atoms with van der Waals surface area (Å²) in [5.41, 5.74) is -0.0844. The molecule has 1 atom stereocenters.